The first-order valence-corrected chi connectivity index (χ1v) is 9.42. The van der Waals surface area contributed by atoms with Crippen molar-refractivity contribution in [3.05, 3.63) is 17.7 Å². The number of carbonyl (C=O) groups excluding carboxylic acids is 2. The molecule has 1 aromatic rings. The van der Waals surface area contributed by atoms with Crippen molar-refractivity contribution in [2.24, 2.45) is 11.8 Å². The van der Waals surface area contributed by atoms with Gasteiger partial charge >= 0.3 is 0 Å². The Labute approximate surface area is 154 Å². The molecule has 2 amide bonds. The summed E-state index contributed by atoms with van der Waals surface area (Å²) in [5.74, 6) is 1.41. The summed E-state index contributed by atoms with van der Waals surface area (Å²) in [6, 6.07) is 3.78. The van der Waals surface area contributed by atoms with Gasteiger partial charge in [0.25, 0.3) is 0 Å². The lowest BCUT2D eigenvalue weighted by atomic mass is 10.1. The molecule has 0 radical (unpaired) electrons. The van der Waals surface area contributed by atoms with Crippen molar-refractivity contribution in [2.45, 2.75) is 46.6 Å². The van der Waals surface area contributed by atoms with Crippen molar-refractivity contribution in [3.8, 4) is 11.5 Å². The zero-order valence-electron chi connectivity index (χ0n) is 16.0. The minimum Gasteiger partial charge on any atom is -0.492 e. The van der Waals surface area contributed by atoms with Crippen LogP contribution in [0.1, 0.15) is 39.7 Å². The van der Waals surface area contributed by atoms with Gasteiger partial charge in [-0.05, 0) is 25.8 Å². The zero-order valence-corrected chi connectivity index (χ0v) is 16.0. The van der Waals surface area contributed by atoms with Crippen molar-refractivity contribution < 1.29 is 19.1 Å². The molecule has 1 fully saturated rings. The van der Waals surface area contributed by atoms with E-state index in [1.54, 1.807) is 4.90 Å². The molecular weight excluding hydrogens is 332 g/mol. The van der Waals surface area contributed by atoms with Crippen LogP contribution in [-0.2, 0) is 16.0 Å². The van der Waals surface area contributed by atoms with Gasteiger partial charge in [0.05, 0.1) is 18.2 Å². The van der Waals surface area contributed by atoms with E-state index in [-0.39, 0.29) is 30.3 Å². The molecule has 142 valence electrons. The molecule has 2 atom stereocenters. The van der Waals surface area contributed by atoms with Gasteiger partial charge in [0.1, 0.15) is 17.6 Å². The number of nitrogens with zero attached hydrogens (tertiary/aromatic N) is 1. The molecule has 0 saturated carbocycles. The number of amides is 2. The summed E-state index contributed by atoms with van der Waals surface area (Å²) < 4.78 is 11.5. The summed E-state index contributed by atoms with van der Waals surface area (Å²) in [6.07, 6.45) is 1.23. The summed E-state index contributed by atoms with van der Waals surface area (Å²) in [5.41, 5.74) is 1.71. The first kappa shape index (κ1) is 18.5. The molecule has 26 heavy (non-hydrogen) atoms. The Morgan fingerprint density at radius 3 is 2.85 bits per heavy atom. The van der Waals surface area contributed by atoms with Gasteiger partial charge in [-0.25, -0.2) is 0 Å². The van der Waals surface area contributed by atoms with E-state index in [1.165, 1.54) is 0 Å². The third-order valence-electron chi connectivity index (χ3n) is 4.73. The number of hydrogen-bond donors (Lipinski definition) is 1. The highest BCUT2D eigenvalue weighted by molar-refractivity contribution is 5.98. The van der Waals surface area contributed by atoms with E-state index in [9.17, 15) is 9.59 Å². The Morgan fingerprint density at radius 2 is 2.15 bits per heavy atom. The summed E-state index contributed by atoms with van der Waals surface area (Å²) >= 11 is 0. The third-order valence-corrected chi connectivity index (χ3v) is 4.73. The molecule has 2 aliphatic rings. The maximum atomic E-state index is 12.7. The van der Waals surface area contributed by atoms with Gasteiger partial charge in [0.2, 0.25) is 11.8 Å². The maximum absolute atomic E-state index is 12.7. The summed E-state index contributed by atoms with van der Waals surface area (Å²) in [4.78, 5) is 26.6. The first-order chi connectivity index (χ1) is 12.4. The monoisotopic (exact) mass is 360 g/mol. The normalized spacial score (nSPS) is 21.7. The number of nitrogens with one attached hydrogen (secondary N) is 1. The number of fused-ring (bicyclic) bond motifs is 1. The van der Waals surface area contributed by atoms with Gasteiger partial charge in [0.15, 0.2) is 0 Å². The molecule has 1 saturated heterocycles. The van der Waals surface area contributed by atoms with E-state index in [0.717, 1.165) is 17.7 Å². The number of hydrogen-bond acceptors (Lipinski definition) is 4. The van der Waals surface area contributed by atoms with Crippen LogP contribution < -0.4 is 14.8 Å². The standard InChI is InChI=1S/C20H28N2O4/c1-5-25-18-7-14-6-13(4)26-17(14)9-16(18)21-20(24)15-8-19(23)22(11-15)10-12(2)3/h7,9,12-13,15H,5-6,8,10-11H2,1-4H3,(H,21,24)/t13-,15-/m1/s1. The van der Waals surface area contributed by atoms with E-state index in [0.29, 0.717) is 37.1 Å². The number of likely N-dealkylation sites (tertiary alicyclic amines) is 1. The van der Waals surface area contributed by atoms with E-state index >= 15 is 0 Å². The molecule has 2 aliphatic heterocycles. The van der Waals surface area contributed by atoms with Crippen LogP contribution in [0.15, 0.2) is 12.1 Å². The Hall–Kier alpha value is -2.24. The molecule has 1 N–H and O–H groups in total. The molecule has 0 aromatic heterocycles. The first-order valence-electron chi connectivity index (χ1n) is 9.42. The number of benzene rings is 1. The van der Waals surface area contributed by atoms with E-state index in [2.05, 4.69) is 19.2 Å². The molecule has 2 heterocycles. The predicted molar refractivity (Wildman–Crippen MR) is 99.6 cm³/mol. The van der Waals surface area contributed by atoms with Crippen LogP contribution in [0.25, 0.3) is 0 Å². The summed E-state index contributed by atoms with van der Waals surface area (Å²) in [7, 11) is 0. The second kappa shape index (κ2) is 7.56. The predicted octanol–water partition coefficient (Wildman–Crippen LogP) is 2.85. The Balaban J connectivity index is 1.73. The van der Waals surface area contributed by atoms with Crippen molar-refractivity contribution in [1.29, 1.82) is 0 Å². The average Bonchev–Trinajstić information content (AvgIpc) is 3.09. The zero-order chi connectivity index (χ0) is 18.8. The van der Waals surface area contributed by atoms with Crippen molar-refractivity contribution >= 4 is 17.5 Å². The minimum atomic E-state index is -0.330. The minimum absolute atomic E-state index is 0.0509. The van der Waals surface area contributed by atoms with E-state index in [4.69, 9.17) is 9.47 Å². The summed E-state index contributed by atoms with van der Waals surface area (Å²) in [5, 5.41) is 2.95. The molecule has 0 unspecified atom stereocenters. The van der Waals surface area contributed by atoms with Crippen molar-refractivity contribution in [1.82, 2.24) is 4.90 Å². The lowest BCUT2D eigenvalue weighted by Crippen LogP contribution is -2.31. The van der Waals surface area contributed by atoms with Crippen LogP contribution in [0.3, 0.4) is 0 Å². The fourth-order valence-electron chi connectivity index (χ4n) is 3.61. The number of ether oxygens (including phenoxy) is 2. The highest BCUT2D eigenvalue weighted by Crippen LogP contribution is 2.38. The van der Waals surface area contributed by atoms with Gasteiger partial charge in [0, 0.05) is 37.6 Å². The SMILES string of the molecule is CCOc1cc2c(cc1NC(=O)[C@@H]1CC(=O)N(CC(C)C)C1)O[C@H](C)C2. The molecule has 0 aliphatic carbocycles. The highest BCUT2D eigenvalue weighted by atomic mass is 16.5. The number of rotatable bonds is 6. The summed E-state index contributed by atoms with van der Waals surface area (Å²) in [6.45, 7) is 9.76. The topological polar surface area (TPSA) is 67.9 Å². The molecule has 3 rings (SSSR count). The van der Waals surface area contributed by atoms with Gasteiger partial charge in [-0.1, -0.05) is 13.8 Å². The second-order valence-electron chi connectivity index (χ2n) is 7.60. The van der Waals surface area contributed by atoms with Crippen molar-refractivity contribution in [3.63, 3.8) is 0 Å². The van der Waals surface area contributed by atoms with Crippen LogP contribution in [0.2, 0.25) is 0 Å². The van der Waals surface area contributed by atoms with E-state index in [1.807, 2.05) is 26.0 Å². The van der Waals surface area contributed by atoms with Crippen LogP contribution in [0.5, 0.6) is 11.5 Å². The molecule has 1 aromatic carbocycles. The molecule has 6 nitrogen and oxygen atoms in total. The van der Waals surface area contributed by atoms with Gasteiger partial charge in [-0.2, -0.15) is 0 Å². The smallest absolute Gasteiger partial charge is 0.229 e. The third kappa shape index (κ3) is 3.94. The van der Waals surface area contributed by atoms with E-state index < -0.39 is 0 Å². The number of anilines is 1. The Bertz CT molecular complexity index is 701. The average molecular weight is 360 g/mol. The highest BCUT2D eigenvalue weighted by Gasteiger charge is 2.35. The quantitative estimate of drug-likeness (QED) is 0.847. The Morgan fingerprint density at radius 1 is 1.38 bits per heavy atom. The Kier molecular flexibility index (Phi) is 5.39. The largest absolute Gasteiger partial charge is 0.492 e. The van der Waals surface area contributed by atoms with Crippen molar-refractivity contribution in [2.75, 3.05) is 25.0 Å². The molecular formula is C20H28N2O4. The second-order valence-corrected chi connectivity index (χ2v) is 7.60. The van der Waals surface area contributed by atoms with Gasteiger partial charge in [-0.15, -0.1) is 0 Å². The molecule has 6 heteroatoms. The fourth-order valence-corrected chi connectivity index (χ4v) is 3.61. The van der Waals surface area contributed by atoms with Crippen LogP contribution in [-0.4, -0.2) is 42.5 Å². The fraction of sp³-hybridized carbons (Fsp3) is 0.600. The lowest BCUT2D eigenvalue weighted by molar-refractivity contribution is -0.128. The van der Waals surface area contributed by atoms with Crippen LogP contribution in [0, 0.1) is 11.8 Å². The van der Waals surface area contributed by atoms with Crippen LogP contribution >= 0.6 is 0 Å². The molecule has 0 spiro atoms. The van der Waals surface area contributed by atoms with Crippen LogP contribution in [0.4, 0.5) is 5.69 Å². The lowest BCUT2D eigenvalue weighted by Gasteiger charge is -2.19. The maximum Gasteiger partial charge on any atom is 0.229 e. The van der Waals surface area contributed by atoms with Gasteiger partial charge in [-0.3, -0.25) is 9.59 Å². The molecule has 0 bridgehead atoms. The number of carbonyl (C=O) groups is 2. The van der Waals surface area contributed by atoms with Gasteiger partial charge < -0.3 is 19.7 Å².